The summed E-state index contributed by atoms with van der Waals surface area (Å²) in [5.74, 6) is -2.90. The van der Waals surface area contributed by atoms with Gasteiger partial charge in [-0.3, -0.25) is 4.79 Å². The van der Waals surface area contributed by atoms with E-state index in [9.17, 15) is 14.4 Å². The Labute approximate surface area is 123 Å². The molecule has 0 radical (unpaired) electrons. The van der Waals surface area contributed by atoms with Crippen LogP contribution in [0.4, 0.5) is 0 Å². The van der Waals surface area contributed by atoms with Gasteiger partial charge >= 0.3 is 17.9 Å². The molecule has 6 heteroatoms. The van der Waals surface area contributed by atoms with E-state index in [1.165, 1.54) is 25.1 Å². The highest BCUT2D eigenvalue weighted by molar-refractivity contribution is 5.96. The first kappa shape index (κ1) is 18.6. The maximum atomic E-state index is 10.6. The predicted octanol–water partition coefficient (Wildman–Crippen LogP) is 3.04. The van der Waals surface area contributed by atoms with Crippen LogP contribution in [-0.4, -0.2) is 33.2 Å². The van der Waals surface area contributed by atoms with Crippen LogP contribution in [0.15, 0.2) is 18.2 Å². The molecule has 0 saturated heterocycles. The van der Waals surface area contributed by atoms with Gasteiger partial charge in [0.05, 0.1) is 11.1 Å². The lowest BCUT2D eigenvalue weighted by Gasteiger charge is -2.03. The van der Waals surface area contributed by atoms with Crippen molar-refractivity contribution >= 4 is 17.9 Å². The minimum Gasteiger partial charge on any atom is -0.481 e. The van der Waals surface area contributed by atoms with Gasteiger partial charge in [-0.05, 0) is 31.0 Å². The summed E-state index contributed by atoms with van der Waals surface area (Å²) in [6.45, 7) is 3.54. The molecule has 0 aliphatic carbocycles. The fraction of sp³-hybridized carbons (Fsp3) is 0.400. The lowest BCUT2D eigenvalue weighted by atomic mass is 10.0. The highest BCUT2D eigenvalue weighted by Gasteiger charge is 2.13. The smallest absolute Gasteiger partial charge is 0.335 e. The average Bonchev–Trinajstić information content (AvgIpc) is 2.39. The first-order valence-electron chi connectivity index (χ1n) is 6.59. The number of hydrogen-bond acceptors (Lipinski definition) is 3. The third-order valence-electron chi connectivity index (χ3n) is 2.79. The van der Waals surface area contributed by atoms with E-state index >= 15 is 0 Å². The van der Waals surface area contributed by atoms with Gasteiger partial charge in [-0.25, -0.2) is 9.59 Å². The van der Waals surface area contributed by atoms with Crippen LogP contribution in [0, 0.1) is 6.92 Å². The van der Waals surface area contributed by atoms with Crippen LogP contribution in [-0.2, 0) is 4.79 Å². The molecule has 1 aromatic carbocycles. The molecule has 0 amide bonds. The summed E-state index contributed by atoms with van der Waals surface area (Å²) in [7, 11) is 0. The maximum Gasteiger partial charge on any atom is 0.335 e. The van der Waals surface area contributed by atoms with Crippen LogP contribution in [0.1, 0.15) is 58.9 Å². The Morgan fingerprint density at radius 3 is 1.76 bits per heavy atom. The summed E-state index contributed by atoms with van der Waals surface area (Å²) in [6, 6.07) is 4.17. The molecule has 1 aromatic rings. The van der Waals surface area contributed by atoms with Gasteiger partial charge in [-0.15, -0.1) is 0 Å². The largest absolute Gasteiger partial charge is 0.481 e. The zero-order valence-corrected chi connectivity index (χ0v) is 12.1. The monoisotopic (exact) mass is 296 g/mol. The molecule has 3 N–H and O–H groups in total. The summed E-state index contributed by atoms with van der Waals surface area (Å²) in [6.07, 6.45) is 3.28. The second-order valence-electron chi connectivity index (χ2n) is 4.44. The van der Waals surface area contributed by atoms with Gasteiger partial charge in [0.2, 0.25) is 0 Å². The van der Waals surface area contributed by atoms with Crippen molar-refractivity contribution < 1.29 is 29.7 Å². The Kier molecular flexibility index (Phi) is 8.45. The van der Waals surface area contributed by atoms with E-state index in [4.69, 9.17) is 15.3 Å². The molecule has 21 heavy (non-hydrogen) atoms. The molecule has 0 unspecified atom stereocenters. The Bertz CT molecular complexity index is 475. The molecular weight excluding hydrogens is 276 g/mol. The molecule has 0 atom stereocenters. The standard InChI is InChI=1S/C9H8O4.C6H12O2/c1-5-6(8(10)11)3-2-4-7(5)9(12)13;1-2-3-4-5-6(7)8/h2-4H,1H3,(H,10,11)(H,12,13);2-5H2,1H3,(H,7,8). The fourth-order valence-electron chi connectivity index (χ4n) is 1.63. The minimum absolute atomic E-state index is 0.0277. The molecule has 0 aromatic heterocycles. The SMILES string of the molecule is CCCCCC(=O)O.Cc1c(C(=O)O)cccc1C(=O)O. The van der Waals surface area contributed by atoms with Crippen LogP contribution in [0.2, 0.25) is 0 Å². The van der Waals surface area contributed by atoms with Gasteiger partial charge in [-0.2, -0.15) is 0 Å². The van der Waals surface area contributed by atoms with Gasteiger partial charge < -0.3 is 15.3 Å². The third-order valence-corrected chi connectivity index (χ3v) is 2.79. The molecule has 6 nitrogen and oxygen atoms in total. The first-order valence-corrected chi connectivity index (χ1v) is 6.59. The van der Waals surface area contributed by atoms with Gasteiger partial charge in [0, 0.05) is 6.42 Å². The Hall–Kier alpha value is -2.37. The van der Waals surface area contributed by atoms with Gasteiger partial charge in [0.15, 0.2) is 0 Å². The second kappa shape index (κ2) is 9.52. The normalized spacial score (nSPS) is 9.43. The minimum atomic E-state index is -1.11. The lowest BCUT2D eigenvalue weighted by molar-refractivity contribution is -0.137. The van der Waals surface area contributed by atoms with Crippen LogP contribution < -0.4 is 0 Å². The number of unbranched alkanes of at least 4 members (excludes halogenated alkanes) is 2. The van der Waals surface area contributed by atoms with Crippen molar-refractivity contribution in [3.8, 4) is 0 Å². The van der Waals surface area contributed by atoms with Crippen LogP contribution in [0.5, 0.6) is 0 Å². The molecule has 0 saturated carbocycles. The van der Waals surface area contributed by atoms with Crippen molar-refractivity contribution in [2.45, 2.75) is 39.5 Å². The topological polar surface area (TPSA) is 112 Å². The molecule has 1 rings (SSSR count). The van der Waals surface area contributed by atoms with Crippen molar-refractivity contribution in [2.75, 3.05) is 0 Å². The number of carbonyl (C=O) groups is 3. The van der Waals surface area contributed by atoms with Crippen molar-refractivity contribution in [3.63, 3.8) is 0 Å². The summed E-state index contributed by atoms with van der Waals surface area (Å²) >= 11 is 0. The van der Waals surface area contributed by atoms with E-state index in [1.807, 2.05) is 0 Å². The molecule has 0 bridgehead atoms. The van der Waals surface area contributed by atoms with E-state index in [0.29, 0.717) is 6.42 Å². The van der Waals surface area contributed by atoms with E-state index < -0.39 is 17.9 Å². The Balaban J connectivity index is 0.000000433. The molecule has 0 heterocycles. The van der Waals surface area contributed by atoms with Crippen molar-refractivity contribution in [1.29, 1.82) is 0 Å². The van der Waals surface area contributed by atoms with Crippen molar-refractivity contribution in [3.05, 3.63) is 34.9 Å². The van der Waals surface area contributed by atoms with E-state index in [2.05, 4.69) is 6.92 Å². The summed E-state index contributed by atoms with van der Waals surface area (Å²) in [5.41, 5.74) is 0.335. The number of benzene rings is 1. The first-order chi connectivity index (χ1) is 9.81. The van der Waals surface area contributed by atoms with Crippen LogP contribution in [0.3, 0.4) is 0 Å². The van der Waals surface area contributed by atoms with E-state index in [1.54, 1.807) is 0 Å². The molecule has 116 valence electrons. The Morgan fingerprint density at radius 2 is 1.43 bits per heavy atom. The molecule has 0 fully saturated rings. The average molecular weight is 296 g/mol. The van der Waals surface area contributed by atoms with Crippen LogP contribution in [0.25, 0.3) is 0 Å². The number of carboxylic acids is 3. The summed E-state index contributed by atoms with van der Waals surface area (Å²) in [5, 5.41) is 25.5. The van der Waals surface area contributed by atoms with Crippen LogP contribution >= 0.6 is 0 Å². The van der Waals surface area contributed by atoms with E-state index in [0.717, 1.165) is 19.3 Å². The fourth-order valence-corrected chi connectivity index (χ4v) is 1.63. The summed E-state index contributed by atoms with van der Waals surface area (Å²) in [4.78, 5) is 31.1. The summed E-state index contributed by atoms with van der Waals surface area (Å²) < 4.78 is 0. The predicted molar refractivity (Wildman–Crippen MR) is 76.9 cm³/mol. The number of aliphatic carboxylic acids is 1. The van der Waals surface area contributed by atoms with E-state index in [-0.39, 0.29) is 16.7 Å². The lowest BCUT2D eigenvalue weighted by Crippen LogP contribution is -2.06. The van der Waals surface area contributed by atoms with Gasteiger partial charge in [0.25, 0.3) is 0 Å². The van der Waals surface area contributed by atoms with Gasteiger partial charge in [0.1, 0.15) is 0 Å². The molecule has 0 aliphatic rings. The molecular formula is C15H20O6. The maximum absolute atomic E-state index is 10.6. The second-order valence-corrected chi connectivity index (χ2v) is 4.44. The van der Waals surface area contributed by atoms with Crippen molar-refractivity contribution in [2.24, 2.45) is 0 Å². The van der Waals surface area contributed by atoms with Crippen molar-refractivity contribution in [1.82, 2.24) is 0 Å². The highest BCUT2D eigenvalue weighted by atomic mass is 16.4. The number of hydrogen-bond donors (Lipinski definition) is 3. The zero-order valence-electron chi connectivity index (χ0n) is 12.1. The number of carboxylic acid groups (broad SMARTS) is 3. The molecule has 0 aliphatic heterocycles. The third kappa shape index (κ3) is 7.10. The molecule has 0 spiro atoms. The Morgan fingerprint density at radius 1 is 0.952 bits per heavy atom. The highest BCUT2D eigenvalue weighted by Crippen LogP contribution is 2.13. The number of aromatic carboxylic acids is 2. The zero-order chi connectivity index (χ0) is 16.4. The quantitative estimate of drug-likeness (QED) is 0.695. The van der Waals surface area contributed by atoms with Gasteiger partial charge in [-0.1, -0.05) is 25.8 Å². The number of rotatable bonds is 6.